The third-order valence-corrected chi connectivity index (χ3v) is 6.42. The van der Waals surface area contributed by atoms with Gasteiger partial charge >= 0.3 is 0 Å². The fraction of sp³-hybridized carbons (Fsp3) is 0.435. The Hall–Kier alpha value is -3.13. The van der Waals surface area contributed by atoms with Gasteiger partial charge in [0.1, 0.15) is 11.4 Å². The zero-order valence-electron chi connectivity index (χ0n) is 17.8. The average Bonchev–Trinajstić information content (AvgIpc) is 3.50. The number of rotatable bonds is 6. The Morgan fingerprint density at radius 2 is 2.23 bits per heavy atom. The summed E-state index contributed by atoms with van der Waals surface area (Å²) in [5, 5.41) is 3.87. The smallest absolute Gasteiger partial charge is 0.230 e. The van der Waals surface area contributed by atoms with Crippen LogP contribution in [-0.2, 0) is 27.4 Å². The Morgan fingerprint density at radius 1 is 1.39 bits per heavy atom. The summed E-state index contributed by atoms with van der Waals surface area (Å²) in [6.07, 6.45) is 3.52. The normalized spacial score (nSPS) is 28.3. The fourth-order valence-corrected chi connectivity index (χ4v) is 5.04. The molecule has 1 spiro atoms. The lowest BCUT2D eigenvalue weighted by atomic mass is 9.76. The Labute approximate surface area is 180 Å². The van der Waals surface area contributed by atoms with E-state index in [1.54, 1.807) is 30.0 Å². The molecule has 1 aromatic heterocycles. The molecule has 5 rings (SSSR count). The van der Waals surface area contributed by atoms with Gasteiger partial charge in [-0.05, 0) is 24.6 Å². The van der Waals surface area contributed by atoms with E-state index in [-0.39, 0.29) is 17.9 Å². The first-order valence-electron chi connectivity index (χ1n) is 10.4. The second kappa shape index (κ2) is 7.23. The summed E-state index contributed by atoms with van der Waals surface area (Å²) in [7, 11) is 3.34. The number of carbonyl (C=O) groups excluding carboxylic acids is 2. The summed E-state index contributed by atoms with van der Waals surface area (Å²) >= 11 is 0. The maximum Gasteiger partial charge on any atom is 0.230 e. The van der Waals surface area contributed by atoms with E-state index in [1.165, 1.54) is 0 Å². The molecule has 2 amide bonds. The number of hydrogen-bond donors (Lipinski definition) is 0. The highest BCUT2D eigenvalue weighted by atomic mass is 16.5. The molecule has 31 heavy (non-hydrogen) atoms. The molecule has 0 saturated carbocycles. The number of benzene rings is 1. The Balaban J connectivity index is 1.35. The number of ether oxygens (including phenoxy) is 2. The van der Waals surface area contributed by atoms with Crippen molar-refractivity contribution in [3.63, 3.8) is 0 Å². The molecule has 4 atom stereocenters. The van der Waals surface area contributed by atoms with Crippen LogP contribution in [0.1, 0.15) is 17.0 Å². The van der Waals surface area contributed by atoms with Gasteiger partial charge in [-0.15, -0.1) is 0 Å². The van der Waals surface area contributed by atoms with E-state index in [0.717, 1.165) is 17.0 Å². The lowest BCUT2D eigenvalue weighted by Crippen LogP contribution is -2.44. The van der Waals surface area contributed by atoms with Crippen LogP contribution in [-0.4, -0.2) is 59.2 Å². The van der Waals surface area contributed by atoms with Gasteiger partial charge in [0.25, 0.3) is 0 Å². The van der Waals surface area contributed by atoms with E-state index in [0.29, 0.717) is 25.4 Å². The number of nitrogens with zero attached hydrogens (tertiary/aromatic N) is 3. The first-order valence-corrected chi connectivity index (χ1v) is 10.4. The largest absolute Gasteiger partial charge is 0.497 e. The van der Waals surface area contributed by atoms with E-state index in [1.807, 2.05) is 43.3 Å². The molecule has 3 aliphatic heterocycles. The van der Waals surface area contributed by atoms with Crippen LogP contribution in [0.5, 0.6) is 5.75 Å². The van der Waals surface area contributed by atoms with Crippen LogP contribution in [0.25, 0.3) is 0 Å². The summed E-state index contributed by atoms with van der Waals surface area (Å²) in [6, 6.07) is 9.46. The van der Waals surface area contributed by atoms with Crippen LogP contribution >= 0.6 is 0 Å². The molecule has 4 heterocycles. The third kappa shape index (κ3) is 3.22. The second-order valence-corrected chi connectivity index (χ2v) is 8.57. The highest BCUT2D eigenvalue weighted by Gasteiger charge is 2.67. The highest BCUT2D eigenvalue weighted by Crippen LogP contribution is 2.52. The van der Waals surface area contributed by atoms with E-state index in [9.17, 15) is 9.59 Å². The number of carbonyl (C=O) groups is 2. The van der Waals surface area contributed by atoms with Gasteiger partial charge in [0.2, 0.25) is 11.8 Å². The van der Waals surface area contributed by atoms with Gasteiger partial charge in [0, 0.05) is 19.7 Å². The molecular weight excluding hydrogens is 398 g/mol. The maximum atomic E-state index is 13.4. The van der Waals surface area contributed by atoms with Crippen LogP contribution in [0, 0.1) is 18.8 Å². The van der Waals surface area contributed by atoms with Crippen LogP contribution in [0.2, 0.25) is 0 Å². The molecule has 2 bridgehead atoms. The number of fused-ring (bicyclic) bond motifs is 1. The minimum absolute atomic E-state index is 0.0445. The van der Waals surface area contributed by atoms with Crippen LogP contribution in [0.4, 0.5) is 0 Å². The summed E-state index contributed by atoms with van der Waals surface area (Å²) in [6.45, 7) is 3.02. The van der Waals surface area contributed by atoms with Gasteiger partial charge in [0.05, 0.1) is 43.8 Å². The Morgan fingerprint density at radius 3 is 2.97 bits per heavy atom. The molecule has 0 aliphatic carbocycles. The van der Waals surface area contributed by atoms with Gasteiger partial charge in [-0.3, -0.25) is 9.59 Å². The second-order valence-electron chi connectivity index (χ2n) is 8.57. The summed E-state index contributed by atoms with van der Waals surface area (Å²) in [5.74, 6) is 0.141. The van der Waals surface area contributed by atoms with Crippen molar-refractivity contribution in [3.8, 4) is 5.75 Å². The first-order chi connectivity index (χ1) is 14.9. The highest BCUT2D eigenvalue weighted by molar-refractivity contribution is 5.93. The minimum Gasteiger partial charge on any atom is -0.497 e. The molecular formula is C23H25N3O5. The molecule has 3 aliphatic rings. The van der Waals surface area contributed by atoms with Crippen molar-refractivity contribution in [2.75, 3.05) is 20.7 Å². The van der Waals surface area contributed by atoms with Crippen molar-refractivity contribution in [2.45, 2.75) is 31.7 Å². The summed E-state index contributed by atoms with van der Waals surface area (Å²) in [5.41, 5.74) is 1.01. The van der Waals surface area contributed by atoms with Crippen LogP contribution in [0.3, 0.4) is 0 Å². The maximum absolute atomic E-state index is 13.4. The number of hydrogen-bond acceptors (Lipinski definition) is 6. The van der Waals surface area contributed by atoms with Crippen molar-refractivity contribution in [1.82, 2.24) is 15.0 Å². The number of aromatic nitrogens is 1. The van der Waals surface area contributed by atoms with Gasteiger partial charge in [-0.2, -0.15) is 0 Å². The topological polar surface area (TPSA) is 85.1 Å². The molecule has 8 heteroatoms. The quantitative estimate of drug-likeness (QED) is 0.660. The zero-order valence-corrected chi connectivity index (χ0v) is 17.8. The molecule has 2 saturated heterocycles. The lowest BCUT2D eigenvalue weighted by molar-refractivity contribution is -0.143. The molecule has 2 unspecified atom stereocenters. The first kappa shape index (κ1) is 19.8. The van der Waals surface area contributed by atoms with Crippen molar-refractivity contribution in [3.05, 3.63) is 59.5 Å². The summed E-state index contributed by atoms with van der Waals surface area (Å²) < 4.78 is 16.8. The van der Waals surface area contributed by atoms with Crippen LogP contribution in [0.15, 0.2) is 47.0 Å². The van der Waals surface area contributed by atoms with E-state index < -0.39 is 17.4 Å². The third-order valence-electron chi connectivity index (χ3n) is 6.42. The zero-order chi connectivity index (χ0) is 21.8. The monoisotopic (exact) mass is 423 g/mol. The number of aryl methyl sites for hydroxylation is 1. The predicted octanol–water partition coefficient (Wildman–Crippen LogP) is 1.93. The lowest BCUT2D eigenvalue weighted by Gasteiger charge is -2.27. The Bertz CT molecular complexity index is 1060. The number of methoxy groups -OCH3 is 1. The number of amides is 2. The van der Waals surface area contributed by atoms with E-state index in [2.05, 4.69) is 5.16 Å². The molecule has 8 nitrogen and oxygen atoms in total. The average molecular weight is 423 g/mol. The van der Waals surface area contributed by atoms with Crippen molar-refractivity contribution >= 4 is 11.8 Å². The van der Waals surface area contributed by atoms with E-state index >= 15 is 0 Å². The Kier molecular flexibility index (Phi) is 4.62. The van der Waals surface area contributed by atoms with Crippen molar-refractivity contribution in [1.29, 1.82) is 0 Å². The standard InChI is InChI=1S/C23H25N3O5/c1-14-9-17(31-24-14)12-25(2)21(27)19-18-7-8-23(30-18)13-26(22(28)20(19)23)11-15-5-4-6-16(10-15)29-3/h4-10,18-20H,11-13H2,1-3H3/t18-,19?,20?,23-/m1/s1. The SMILES string of the molecule is COc1cccc(CN2C[C@@]34C=C[C@@H](O3)C(C(=O)N(C)Cc3cc(C)no3)C4C2=O)c1. The van der Waals surface area contributed by atoms with Crippen molar-refractivity contribution in [2.24, 2.45) is 11.8 Å². The fourth-order valence-electron chi connectivity index (χ4n) is 5.04. The van der Waals surface area contributed by atoms with Crippen LogP contribution < -0.4 is 4.74 Å². The molecule has 0 radical (unpaired) electrons. The van der Waals surface area contributed by atoms with Gasteiger partial charge < -0.3 is 23.8 Å². The van der Waals surface area contributed by atoms with E-state index in [4.69, 9.17) is 14.0 Å². The molecule has 2 fully saturated rings. The predicted molar refractivity (Wildman–Crippen MR) is 110 cm³/mol. The van der Waals surface area contributed by atoms with Crippen molar-refractivity contribution < 1.29 is 23.6 Å². The van der Waals surface area contributed by atoms with Gasteiger partial charge in [-0.25, -0.2) is 0 Å². The molecule has 1 aromatic carbocycles. The van der Waals surface area contributed by atoms with Gasteiger partial charge in [0.15, 0.2) is 5.76 Å². The molecule has 0 N–H and O–H groups in total. The minimum atomic E-state index is -0.732. The molecule has 162 valence electrons. The molecule has 2 aromatic rings. The summed E-state index contributed by atoms with van der Waals surface area (Å²) in [4.78, 5) is 30.1. The number of likely N-dealkylation sites (tertiary alicyclic amines) is 1. The van der Waals surface area contributed by atoms with Gasteiger partial charge in [-0.1, -0.05) is 29.4 Å².